The first-order valence-corrected chi connectivity index (χ1v) is 18.1. The van der Waals surface area contributed by atoms with Crippen molar-refractivity contribution in [2.24, 2.45) is 0 Å². The molecule has 0 saturated heterocycles. The maximum Gasteiger partial charge on any atom is 0.164 e. The van der Waals surface area contributed by atoms with E-state index in [9.17, 15) is 0 Å². The van der Waals surface area contributed by atoms with E-state index in [4.69, 9.17) is 29.9 Å². The summed E-state index contributed by atoms with van der Waals surface area (Å²) in [5, 5.41) is 0. The Morgan fingerprint density at radius 2 is 0.415 bits per heavy atom. The molecule has 0 N–H and O–H groups in total. The van der Waals surface area contributed by atoms with Crippen LogP contribution in [0.2, 0.25) is 0 Å². The monoisotopic (exact) mass is 698 g/mol. The molecular weight excluding hydrogens is 669 g/mol. The molecule has 0 aliphatic rings. The molecule has 6 nitrogen and oxygen atoms in total. The lowest BCUT2D eigenvalue weighted by molar-refractivity contribution is 1.07. The maximum absolute atomic E-state index is 4.88. The van der Waals surface area contributed by atoms with Crippen LogP contribution in [0.5, 0.6) is 0 Å². The van der Waals surface area contributed by atoms with Crippen LogP contribution in [0.15, 0.2) is 182 Å². The van der Waals surface area contributed by atoms with Crippen LogP contribution in [0.25, 0.3) is 89.2 Å². The van der Waals surface area contributed by atoms with Gasteiger partial charge in [-0.1, -0.05) is 170 Å². The molecule has 3 aromatic heterocycles. The normalized spacial score (nSPS) is 11.0. The van der Waals surface area contributed by atoms with Gasteiger partial charge in [0.05, 0.1) is 0 Å². The number of benzene rings is 6. The summed E-state index contributed by atoms with van der Waals surface area (Å²) in [4.78, 5) is 31.5. The Kier molecular flexibility index (Phi) is 8.66. The first kappa shape index (κ1) is 32.0. The standard InChI is InChI=1S/C46H30N6S/c1-5-13-33(14-6-1)41-47-42(34-15-7-2-8-16-34)50-45(49-41)37-25-21-31(22-26-37)39-29-30-40(53-39)32-23-27-38(28-24-32)46-51-43(35-17-9-3-10-18-35)48-44(52-46)36-19-11-4-12-20-36/h1-30H. The van der Waals surface area contributed by atoms with E-state index >= 15 is 0 Å². The van der Waals surface area contributed by atoms with E-state index in [0.29, 0.717) is 34.9 Å². The number of thiophene rings is 1. The second-order valence-electron chi connectivity index (χ2n) is 12.4. The summed E-state index contributed by atoms with van der Waals surface area (Å²) in [7, 11) is 0. The SMILES string of the molecule is c1ccc(-c2nc(-c3ccccc3)nc(-c3ccc(-c4ccc(-c5ccc(-c6nc(-c7ccccc7)nc(-c7ccccc7)n6)cc5)s4)cc3)n2)cc1. The van der Waals surface area contributed by atoms with Crippen molar-refractivity contribution >= 4 is 11.3 Å². The van der Waals surface area contributed by atoms with Gasteiger partial charge in [0.2, 0.25) is 0 Å². The fourth-order valence-electron chi connectivity index (χ4n) is 6.09. The number of aromatic nitrogens is 6. The van der Waals surface area contributed by atoms with Crippen molar-refractivity contribution in [3.63, 3.8) is 0 Å². The summed E-state index contributed by atoms with van der Waals surface area (Å²) in [6.45, 7) is 0. The number of nitrogens with zero attached hydrogens (tertiary/aromatic N) is 6. The van der Waals surface area contributed by atoms with Gasteiger partial charge in [-0.2, -0.15) is 0 Å². The summed E-state index contributed by atoms with van der Waals surface area (Å²) in [5.74, 6) is 3.88. The predicted octanol–water partition coefficient (Wildman–Crippen LogP) is 11.5. The molecule has 0 bridgehead atoms. The second-order valence-corrected chi connectivity index (χ2v) is 13.5. The Hall–Kier alpha value is -6.96. The smallest absolute Gasteiger partial charge is 0.164 e. The number of hydrogen-bond acceptors (Lipinski definition) is 7. The van der Waals surface area contributed by atoms with Crippen LogP contribution in [0.4, 0.5) is 0 Å². The molecule has 0 atom stereocenters. The average Bonchev–Trinajstić information content (AvgIpc) is 3.75. The van der Waals surface area contributed by atoms with Gasteiger partial charge in [-0.05, 0) is 23.3 Å². The lowest BCUT2D eigenvalue weighted by atomic mass is 10.1. The molecule has 0 unspecified atom stereocenters. The zero-order valence-corrected chi connectivity index (χ0v) is 29.2. The van der Waals surface area contributed by atoms with Crippen LogP contribution >= 0.6 is 11.3 Å². The van der Waals surface area contributed by atoms with Crippen molar-refractivity contribution in [1.29, 1.82) is 0 Å². The van der Waals surface area contributed by atoms with Crippen molar-refractivity contribution in [3.8, 4) is 89.2 Å². The maximum atomic E-state index is 4.88. The Labute approximate surface area is 311 Å². The van der Waals surface area contributed by atoms with Gasteiger partial charge >= 0.3 is 0 Å². The van der Waals surface area contributed by atoms with Crippen LogP contribution in [-0.2, 0) is 0 Å². The van der Waals surface area contributed by atoms with E-state index in [1.165, 1.54) is 9.75 Å². The molecule has 9 rings (SSSR count). The Morgan fingerprint density at radius 1 is 0.208 bits per heavy atom. The molecule has 7 heteroatoms. The van der Waals surface area contributed by atoms with Gasteiger partial charge in [0.1, 0.15) is 0 Å². The molecule has 3 heterocycles. The summed E-state index contributed by atoms with van der Waals surface area (Å²) < 4.78 is 0. The first-order chi connectivity index (χ1) is 26.2. The number of rotatable bonds is 8. The molecule has 0 aliphatic heterocycles. The van der Waals surface area contributed by atoms with Gasteiger partial charge < -0.3 is 0 Å². The number of hydrogen-bond donors (Lipinski definition) is 0. The zero-order valence-electron chi connectivity index (χ0n) is 28.4. The van der Waals surface area contributed by atoms with Gasteiger partial charge in [-0.15, -0.1) is 11.3 Å². The zero-order chi connectivity index (χ0) is 35.4. The molecule has 0 fully saturated rings. The molecule has 53 heavy (non-hydrogen) atoms. The Bertz CT molecular complexity index is 2330. The average molecular weight is 699 g/mol. The van der Waals surface area contributed by atoms with E-state index < -0.39 is 0 Å². The molecule has 250 valence electrons. The lowest BCUT2D eigenvalue weighted by Crippen LogP contribution is -2.00. The molecule has 9 aromatic rings. The van der Waals surface area contributed by atoms with Crippen molar-refractivity contribution in [2.45, 2.75) is 0 Å². The quantitative estimate of drug-likeness (QED) is 0.157. The van der Waals surface area contributed by atoms with Crippen molar-refractivity contribution < 1.29 is 0 Å². The minimum absolute atomic E-state index is 0.640. The third-order valence-electron chi connectivity index (χ3n) is 8.86. The summed E-state index contributed by atoms with van der Waals surface area (Å²) >= 11 is 1.76. The summed E-state index contributed by atoms with van der Waals surface area (Å²) in [5.41, 5.74) is 7.93. The molecule has 0 spiro atoms. The van der Waals surface area contributed by atoms with E-state index in [0.717, 1.165) is 44.5 Å². The minimum atomic E-state index is 0.640. The van der Waals surface area contributed by atoms with Gasteiger partial charge in [0.15, 0.2) is 34.9 Å². The van der Waals surface area contributed by atoms with E-state index in [2.05, 4.69) is 60.7 Å². The van der Waals surface area contributed by atoms with Gasteiger partial charge in [0, 0.05) is 43.1 Å². The summed E-state index contributed by atoms with van der Waals surface area (Å²) in [6.07, 6.45) is 0. The van der Waals surface area contributed by atoms with Crippen molar-refractivity contribution in [2.75, 3.05) is 0 Å². The highest BCUT2D eigenvalue weighted by molar-refractivity contribution is 7.18. The highest BCUT2D eigenvalue weighted by Gasteiger charge is 2.15. The van der Waals surface area contributed by atoms with Crippen LogP contribution in [0, 0.1) is 0 Å². The topological polar surface area (TPSA) is 77.3 Å². The van der Waals surface area contributed by atoms with Gasteiger partial charge in [-0.25, -0.2) is 29.9 Å². The minimum Gasteiger partial charge on any atom is -0.208 e. The molecule has 0 saturated carbocycles. The highest BCUT2D eigenvalue weighted by atomic mass is 32.1. The molecule has 6 aromatic carbocycles. The fraction of sp³-hybridized carbons (Fsp3) is 0. The molecule has 0 amide bonds. The van der Waals surface area contributed by atoms with Crippen LogP contribution < -0.4 is 0 Å². The van der Waals surface area contributed by atoms with Crippen molar-refractivity contribution in [1.82, 2.24) is 29.9 Å². The van der Waals surface area contributed by atoms with E-state index in [-0.39, 0.29) is 0 Å². The highest BCUT2D eigenvalue weighted by Crippen LogP contribution is 2.36. The molecule has 0 radical (unpaired) electrons. The lowest BCUT2D eigenvalue weighted by Gasteiger charge is -2.09. The van der Waals surface area contributed by atoms with Crippen molar-refractivity contribution in [3.05, 3.63) is 182 Å². The predicted molar refractivity (Wildman–Crippen MR) is 215 cm³/mol. The fourth-order valence-corrected chi connectivity index (χ4v) is 7.11. The largest absolute Gasteiger partial charge is 0.208 e. The second kappa shape index (κ2) is 14.3. The third kappa shape index (κ3) is 6.89. The summed E-state index contributed by atoms with van der Waals surface area (Å²) in [6, 6.07) is 61.4. The van der Waals surface area contributed by atoms with Gasteiger partial charge in [0.25, 0.3) is 0 Å². The Balaban J connectivity index is 0.987. The molecule has 0 aliphatic carbocycles. The Morgan fingerprint density at radius 3 is 0.660 bits per heavy atom. The molecular formula is C46H30N6S. The van der Waals surface area contributed by atoms with E-state index in [1.807, 2.05) is 121 Å². The van der Waals surface area contributed by atoms with Crippen LogP contribution in [0.1, 0.15) is 0 Å². The van der Waals surface area contributed by atoms with E-state index in [1.54, 1.807) is 11.3 Å². The third-order valence-corrected chi connectivity index (χ3v) is 10.0. The van der Waals surface area contributed by atoms with Crippen LogP contribution in [-0.4, -0.2) is 29.9 Å². The van der Waals surface area contributed by atoms with Crippen LogP contribution in [0.3, 0.4) is 0 Å². The van der Waals surface area contributed by atoms with Gasteiger partial charge in [-0.3, -0.25) is 0 Å². The first-order valence-electron chi connectivity index (χ1n) is 17.3.